The van der Waals surface area contributed by atoms with Crippen LogP contribution in [0.15, 0.2) is 42.5 Å². The van der Waals surface area contributed by atoms with E-state index in [1.807, 2.05) is 0 Å². The third kappa shape index (κ3) is 2.64. The molecule has 1 aliphatic rings. The van der Waals surface area contributed by atoms with Crippen molar-refractivity contribution < 1.29 is 0 Å². The zero-order chi connectivity index (χ0) is 13.9. The summed E-state index contributed by atoms with van der Waals surface area (Å²) in [6, 6.07) is 15.3. The van der Waals surface area contributed by atoms with Crippen molar-refractivity contribution in [2.24, 2.45) is 0 Å². The zero-order valence-corrected chi connectivity index (χ0v) is 12.2. The molecule has 0 radical (unpaired) electrons. The van der Waals surface area contributed by atoms with Crippen LogP contribution in [-0.4, -0.2) is 6.54 Å². The Balaban J connectivity index is 1.74. The molecule has 0 spiro atoms. The normalized spacial score (nSPS) is 13.2. The smallest absolute Gasteiger partial charge is 0.0424 e. The maximum atomic E-state index is 3.55. The van der Waals surface area contributed by atoms with Crippen molar-refractivity contribution in [1.82, 2.24) is 0 Å². The topological polar surface area (TPSA) is 24.1 Å². The largest absolute Gasteiger partial charge is 0.384 e. The number of para-hydroxylation sites is 1. The molecule has 3 rings (SSSR count). The van der Waals surface area contributed by atoms with Crippen LogP contribution < -0.4 is 10.6 Å². The fraction of sp³-hybridized carbons (Fsp3) is 0.333. The van der Waals surface area contributed by atoms with Crippen molar-refractivity contribution in [1.29, 1.82) is 0 Å². The minimum atomic E-state index is 0.569. The Bertz CT molecular complexity index is 602. The molecule has 0 saturated heterocycles. The molecule has 0 amide bonds. The third-order valence-corrected chi connectivity index (χ3v) is 3.97. The Morgan fingerprint density at radius 3 is 2.85 bits per heavy atom. The molecule has 1 heterocycles. The lowest BCUT2D eigenvalue weighted by Gasteiger charge is -2.13. The molecule has 2 nitrogen and oxygen atoms in total. The van der Waals surface area contributed by atoms with Crippen LogP contribution in [0.2, 0.25) is 0 Å². The fourth-order valence-electron chi connectivity index (χ4n) is 2.76. The molecule has 0 fully saturated rings. The molecule has 0 atom stereocenters. The first-order valence-electron chi connectivity index (χ1n) is 7.42. The molecule has 0 saturated carbocycles. The highest BCUT2D eigenvalue weighted by Gasteiger charge is 2.13. The van der Waals surface area contributed by atoms with Crippen LogP contribution in [0.3, 0.4) is 0 Å². The zero-order valence-electron chi connectivity index (χ0n) is 12.2. The first-order valence-corrected chi connectivity index (χ1v) is 7.42. The molecule has 2 N–H and O–H groups in total. The van der Waals surface area contributed by atoms with Crippen LogP contribution in [0.5, 0.6) is 0 Å². The average Bonchev–Trinajstić information content (AvgIpc) is 2.94. The van der Waals surface area contributed by atoms with Crippen LogP contribution in [0.1, 0.15) is 36.5 Å². The van der Waals surface area contributed by atoms with Crippen molar-refractivity contribution in [3.8, 4) is 0 Å². The summed E-state index contributed by atoms with van der Waals surface area (Å²) in [5.41, 5.74) is 6.72. The van der Waals surface area contributed by atoms with E-state index in [1.54, 1.807) is 0 Å². The molecule has 2 aromatic rings. The Morgan fingerprint density at radius 2 is 2.00 bits per heavy atom. The quantitative estimate of drug-likeness (QED) is 0.857. The summed E-state index contributed by atoms with van der Waals surface area (Å²) in [6.07, 6.45) is 1.14. The van der Waals surface area contributed by atoms with Gasteiger partial charge in [-0.3, -0.25) is 0 Å². The number of benzene rings is 2. The third-order valence-electron chi connectivity index (χ3n) is 3.97. The minimum Gasteiger partial charge on any atom is -0.384 e. The van der Waals surface area contributed by atoms with Crippen molar-refractivity contribution in [3.05, 3.63) is 59.2 Å². The summed E-state index contributed by atoms with van der Waals surface area (Å²) in [7, 11) is 0. The predicted molar refractivity (Wildman–Crippen MR) is 86.5 cm³/mol. The Hall–Kier alpha value is -1.96. The van der Waals surface area contributed by atoms with E-state index in [0.29, 0.717) is 5.92 Å². The van der Waals surface area contributed by atoms with Gasteiger partial charge in [-0.05, 0) is 41.2 Å². The van der Waals surface area contributed by atoms with E-state index in [9.17, 15) is 0 Å². The second-order valence-electron chi connectivity index (χ2n) is 5.76. The van der Waals surface area contributed by atoms with E-state index >= 15 is 0 Å². The van der Waals surface area contributed by atoms with Crippen LogP contribution in [0, 0.1) is 0 Å². The summed E-state index contributed by atoms with van der Waals surface area (Å²) in [5.74, 6) is 0.569. The van der Waals surface area contributed by atoms with Gasteiger partial charge in [0.1, 0.15) is 0 Å². The van der Waals surface area contributed by atoms with Crippen LogP contribution in [0.4, 0.5) is 11.4 Å². The fourth-order valence-corrected chi connectivity index (χ4v) is 2.76. The van der Waals surface area contributed by atoms with Gasteiger partial charge in [0.2, 0.25) is 0 Å². The first-order chi connectivity index (χ1) is 9.74. The summed E-state index contributed by atoms with van der Waals surface area (Å²) in [5, 5.41) is 7.04. The van der Waals surface area contributed by atoms with Crippen molar-refractivity contribution >= 4 is 11.4 Å². The molecular formula is C18H22N2. The van der Waals surface area contributed by atoms with Gasteiger partial charge in [-0.1, -0.05) is 44.2 Å². The molecule has 104 valence electrons. The number of fused-ring (bicyclic) bond motifs is 1. The maximum Gasteiger partial charge on any atom is 0.0424 e. The Labute approximate surface area is 121 Å². The van der Waals surface area contributed by atoms with Gasteiger partial charge in [-0.15, -0.1) is 0 Å². The molecule has 1 aliphatic heterocycles. The highest BCUT2D eigenvalue weighted by molar-refractivity contribution is 5.62. The van der Waals surface area contributed by atoms with Crippen molar-refractivity contribution in [3.63, 3.8) is 0 Å². The predicted octanol–water partition coefficient (Wildman–Crippen LogP) is 4.39. The van der Waals surface area contributed by atoms with Crippen molar-refractivity contribution in [2.75, 3.05) is 17.2 Å². The lowest BCUT2D eigenvalue weighted by molar-refractivity contribution is 0.866. The molecule has 0 bridgehead atoms. The summed E-state index contributed by atoms with van der Waals surface area (Å²) in [6.45, 7) is 6.40. The second-order valence-corrected chi connectivity index (χ2v) is 5.76. The molecule has 2 heteroatoms. The monoisotopic (exact) mass is 266 g/mol. The SMILES string of the molecule is CC(C)c1cccc(NCc2cccc3c2NCC3)c1. The molecule has 0 aromatic heterocycles. The summed E-state index contributed by atoms with van der Waals surface area (Å²) >= 11 is 0. The highest BCUT2D eigenvalue weighted by atomic mass is 14.9. The van der Waals surface area contributed by atoms with E-state index in [2.05, 4.69) is 66.9 Å². The van der Waals surface area contributed by atoms with Gasteiger partial charge in [-0.25, -0.2) is 0 Å². The Morgan fingerprint density at radius 1 is 1.15 bits per heavy atom. The number of hydrogen-bond donors (Lipinski definition) is 2. The number of nitrogens with one attached hydrogen (secondary N) is 2. The lowest BCUT2D eigenvalue weighted by atomic mass is 10.0. The number of hydrogen-bond acceptors (Lipinski definition) is 2. The standard InChI is InChI=1S/C18H22N2/c1-13(2)15-6-4-8-17(11-15)20-12-16-7-3-5-14-9-10-19-18(14)16/h3-8,11,13,19-20H,9-10,12H2,1-2H3. The molecular weight excluding hydrogens is 244 g/mol. The van der Waals surface area contributed by atoms with Gasteiger partial charge >= 0.3 is 0 Å². The second kappa shape index (κ2) is 5.58. The summed E-state index contributed by atoms with van der Waals surface area (Å²) < 4.78 is 0. The van der Waals surface area contributed by atoms with Gasteiger partial charge < -0.3 is 10.6 Å². The molecule has 0 unspecified atom stereocenters. The molecule has 2 aromatic carbocycles. The van der Waals surface area contributed by atoms with Crippen LogP contribution in [-0.2, 0) is 13.0 Å². The van der Waals surface area contributed by atoms with E-state index in [1.165, 1.54) is 28.1 Å². The van der Waals surface area contributed by atoms with Crippen LogP contribution in [0.25, 0.3) is 0 Å². The van der Waals surface area contributed by atoms with Crippen molar-refractivity contribution in [2.45, 2.75) is 32.7 Å². The highest BCUT2D eigenvalue weighted by Crippen LogP contribution is 2.27. The average molecular weight is 266 g/mol. The van der Waals surface area contributed by atoms with Gasteiger partial charge in [-0.2, -0.15) is 0 Å². The maximum absolute atomic E-state index is 3.55. The van der Waals surface area contributed by atoms with E-state index < -0.39 is 0 Å². The van der Waals surface area contributed by atoms with E-state index in [4.69, 9.17) is 0 Å². The number of rotatable bonds is 4. The first kappa shape index (κ1) is 13.0. The lowest BCUT2D eigenvalue weighted by Crippen LogP contribution is -2.03. The molecule has 0 aliphatic carbocycles. The van der Waals surface area contributed by atoms with E-state index in [0.717, 1.165) is 19.5 Å². The van der Waals surface area contributed by atoms with Gasteiger partial charge in [0.15, 0.2) is 0 Å². The van der Waals surface area contributed by atoms with Gasteiger partial charge in [0.05, 0.1) is 0 Å². The molecule has 20 heavy (non-hydrogen) atoms. The van der Waals surface area contributed by atoms with Crippen LogP contribution >= 0.6 is 0 Å². The summed E-state index contributed by atoms with van der Waals surface area (Å²) in [4.78, 5) is 0. The number of anilines is 2. The minimum absolute atomic E-state index is 0.569. The van der Waals surface area contributed by atoms with Gasteiger partial charge in [0.25, 0.3) is 0 Å². The van der Waals surface area contributed by atoms with E-state index in [-0.39, 0.29) is 0 Å². The van der Waals surface area contributed by atoms with Gasteiger partial charge in [0, 0.05) is 24.5 Å². The Kier molecular flexibility index (Phi) is 3.64.